The molecule has 0 fully saturated rings. The summed E-state index contributed by atoms with van der Waals surface area (Å²) in [7, 11) is 0. The van der Waals surface area contributed by atoms with Gasteiger partial charge < -0.3 is 11.1 Å². The fourth-order valence-electron chi connectivity index (χ4n) is 1.02. The van der Waals surface area contributed by atoms with Crippen LogP contribution in [0.5, 0.6) is 0 Å². The summed E-state index contributed by atoms with van der Waals surface area (Å²) in [6, 6.07) is 3.36. The Labute approximate surface area is 93.7 Å². The van der Waals surface area contributed by atoms with Crippen molar-refractivity contribution in [3.8, 4) is 0 Å². The molecule has 0 aromatic heterocycles. The Morgan fingerprint density at radius 2 is 2.00 bits per heavy atom. The van der Waals surface area contributed by atoms with Gasteiger partial charge in [0.15, 0.2) is 0 Å². The third-order valence-corrected chi connectivity index (χ3v) is 2.48. The third kappa shape index (κ3) is 2.82. The van der Waals surface area contributed by atoms with Crippen LogP contribution in [0.25, 0.3) is 0 Å². The molecule has 76 valence electrons. The largest absolute Gasteiger partial charge is 0.397 e. The van der Waals surface area contributed by atoms with E-state index in [1.165, 1.54) is 0 Å². The molecule has 0 unspecified atom stereocenters. The second-order valence-corrected chi connectivity index (χ2v) is 3.67. The van der Waals surface area contributed by atoms with E-state index in [1.54, 1.807) is 12.1 Å². The van der Waals surface area contributed by atoms with Crippen molar-refractivity contribution in [2.45, 2.75) is 6.42 Å². The molecule has 2 nitrogen and oxygen atoms in total. The van der Waals surface area contributed by atoms with Crippen LogP contribution in [-0.4, -0.2) is 6.54 Å². The lowest BCUT2D eigenvalue weighted by Crippen LogP contribution is -2.03. The summed E-state index contributed by atoms with van der Waals surface area (Å²) >= 11 is 11.6. The summed E-state index contributed by atoms with van der Waals surface area (Å²) in [5, 5.41) is 4.12. The Morgan fingerprint density at radius 3 is 2.64 bits per heavy atom. The maximum atomic E-state index is 5.85. The third-order valence-electron chi connectivity index (χ3n) is 1.76. The highest BCUT2D eigenvalue weighted by molar-refractivity contribution is 6.42. The lowest BCUT2D eigenvalue weighted by Gasteiger charge is -2.09. The van der Waals surface area contributed by atoms with E-state index in [2.05, 4.69) is 11.9 Å². The normalized spacial score (nSPS) is 9.86. The number of benzene rings is 1. The van der Waals surface area contributed by atoms with Gasteiger partial charge in [0.2, 0.25) is 0 Å². The lowest BCUT2D eigenvalue weighted by atomic mass is 10.2. The number of nitrogens with one attached hydrogen (secondary N) is 1. The molecule has 0 radical (unpaired) electrons. The summed E-state index contributed by atoms with van der Waals surface area (Å²) < 4.78 is 0. The zero-order valence-electron chi connectivity index (χ0n) is 7.69. The molecule has 4 heteroatoms. The van der Waals surface area contributed by atoms with Gasteiger partial charge >= 0.3 is 0 Å². The summed E-state index contributed by atoms with van der Waals surface area (Å²) in [6.07, 6.45) is 2.71. The standard InChI is InChI=1S/C10H12Cl2N2/c1-2-3-4-14-10-6-8(12)7(11)5-9(10)13/h2,5-6,14H,1,3-4,13H2. The van der Waals surface area contributed by atoms with Crippen LogP contribution in [0.4, 0.5) is 11.4 Å². The fraction of sp³-hybridized carbons (Fsp3) is 0.200. The first-order valence-corrected chi connectivity index (χ1v) is 5.00. The summed E-state index contributed by atoms with van der Waals surface area (Å²) in [5.41, 5.74) is 7.15. The predicted octanol–water partition coefficient (Wildman–Crippen LogP) is 3.56. The van der Waals surface area contributed by atoms with Crippen molar-refractivity contribution in [1.82, 2.24) is 0 Å². The average molecular weight is 231 g/mol. The van der Waals surface area contributed by atoms with Crippen LogP contribution in [0, 0.1) is 0 Å². The molecule has 1 aromatic carbocycles. The van der Waals surface area contributed by atoms with Gasteiger partial charge in [-0.15, -0.1) is 6.58 Å². The van der Waals surface area contributed by atoms with E-state index in [0.717, 1.165) is 18.7 Å². The molecule has 0 saturated carbocycles. The minimum absolute atomic E-state index is 0.471. The number of halogens is 2. The zero-order valence-corrected chi connectivity index (χ0v) is 9.20. The fourth-order valence-corrected chi connectivity index (χ4v) is 1.36. The van der Waals surface area contributed by atoms with Crippen LogP contribution in [0.3, 0.4) is 0 Å². The number of anilines is 2. The van der Waals surface area contributed by atoms with Crippen molar-refractivity contribution in [3.05, 3.63) is 34.8 Å². The molecule has 0 saturated heterocycles. The van der Waals surface area contributed by atoms with E-state index in [-0.39, 0.29) is 0 Å². The van der Waals surface area contributed by atoms with Crippen molar-refractivity contribution in [1.29, 1.82) is 0 Å². The Kier molecular flexibility index (Phi) is 4.11. The first kappa shape index (κ1) is 11.2. The molecular formula is C10H12Cl2N2. The molecule has 0 aliphatic heterocycles. The van der Waals surface area contributed by atoms with Crippen LogP contribution in [-0.2, 0) is 0 Å². The van der Waals surface area contributed by atoms with Crippen molar-refractivity contribution < 1.29 is 0 Å². The molecule has 0 spiro atoms. The molecule has 0 aliphatic carbocycles. The number of nitrogen functional groups attached to an aromatic ring is 1. The maximum Gasteiger partial charge on any atom is 0.0614 e. The van der Waals surface area contributed by atoms with Gasteiger partial charge in [-0.25, -0.2) is 0 Å². The van der Waals surface area contributed by atoms with Crippen molar-refractivity contribution in [2.24, 2.45) is 0 Å². The van der Waals surface area contributed by atoms with Crippen LogP contribution >= 0.6 is 23.2 Å². The van der Waals surface area contributed by atoms with Gasteiger partial charge in [-0.3, -0.25) is 0 Å². The van der Waals surface area contributed by atoms with E-state index in [4.69, 9.17) is 28.9 Å². The minimum Gasteiger partial charge on any atom is -0.397 e. The molecule has 1 aromatic rings. The first-order valence-electron chi connectivity index (χ1n) is 4.24. The van der Waals surface area contributed by atoms with Crippen molar-refractivity contribution in [3.63, 3.8) is 0 Å². The molecule has 14 heavy (non-hydrogen) atoms. The molecule has 0 amide bonds. The second kappa shape index (κ2) is 5.13. The van der Waals surface area contributed by atoms with E-state index < -0.39 is 0 Å². The maximum absolute atomic E-state index is 5.85. The molecule has 0 atom stereocenters. The highest BCUT2D eigenvalue weighted by Crippen LogP contribution is 2.30. The Bertz CT molecular complexity index is 337. The van der Waals surface area contributed by atoms with Crippen molar-refractivity contribution >= 4 is 34.6 Å². The highest BCUT2D eigenvalue weighted by Gasteiger charge is 2.03. The number of nitrogens with two attached hydrogens (primary N) is 1. The summed E-state index contributed by atoms with van der Waals surface area (Å²) in [6.45, 7) is 4.41. The van der Waals surface area contributed by atoms with E-state index in [1.807, 2.05) is 6.08 Å². The van der Waals surface area contributed by atoms with Gasteiger partial charge in [-0.2, -0.15) is 0 Å². The quantitative estimate of drug-likeness (QED) is 0.472. The summed E-state index contributed by atoms with van der Waals surface area (Å²) in [5.74, 6) is 0. The smallest absolute Gasteiger partial charge is 0.0614 e. The van der Waals surface area contributed by atoms with Crippen LogP contribution in [0.1, 0.15) is 6.42 Å². The molecule has 1 rings (SSSR count). The summed E-state index contributed by atoms with van der Waals surface area (Å²) in [4.78, 5) is 0. The number of hydrogen-bond acceptors (Lipinski definition) is 2. The van der Waals surface area contributed by atoms with Gasteiger partial charge in [-0.1, -0.05) is 29.3 Å². The topological polar surface area (TPSA) is 38.0 Å². The van der Waals surface area contributed by atoms with Gasteiger partial charge in [0.05, 0.1) is 21.4 Å². The van der Waals surface area contributed by atoms with Crippen LogP contribution in [0.15, 0.2) is 24.8 Å². The SMILES string of the molecule is C=CCCNc1cc(Cl)c(Cl)cc1N. The van der Waals surface area contributed by atoms with Gasteiger partial charge in [0.1, 0.15) is 0 Å². The molecule has 0 aliphatic rings. The van der Waals surface area contributed by atoms with E-state index in [9.17, 15) is 0 Å². The number of hydrogen-bond donors (Lipinski definition) is 2. The highest BCUT2D eigenvalue weighted by atomic mass is 35.5. The van der Waals surface area contributed by atoms with Gasteiger partial charge in [0.25, 0.3) is 0 Å². The number of rotatable bonds is 4. The Hall–Kier alpha value is -0.860. The van der Waals surface area contributed by atoms with Gasteiger partial charge in [-0.05, 0) is 18.6 Å². The lowest BCUT2D eigenvalue weighted by molar-refractivity contribution is 1.07. The average Bonchev–Trinajstić information content (AvgIpc) is 2.14. The van der Waals surface area contributed by atoms with Crippen LogP contribution in [0.2, 0.25) is 10.0 Å². The first-order chi connectivity index (χ1) is 6.65. The predicted molar refractivity (Wildman–Crippen MR) is 64.2 cm³/mol. The van der Waals surface area contributed by atoms with E-state index >= 15 is 0 Å². The molecule has 0 heterocycles. The zero-order chi connectivity index (χ0) is 10.6. The minimum atomic E-state index is 0.471. The Balaban J connectivity index is 2.76. The molecule has 0 bridgehead atoms. The molecular weight excluding hydrogens is 219 g/mol. The molecule has 3 N–H and O–H groups in total. The van der Waals surface area contributed by atoms with E-state index in [0.29, 0.717) is 15.7 Å². The Morgan fingerprint density at radius 1 is 1.36 bits per heavy atom. The van der Waals surface area contributed by atoms with Crippen LogP contribution < -0.4 is 11.1 Å². The van der Waals surface area contributed by atoms with Crippen molar-refractivity contribution in [2.75, 3.05) is 17.6 Å². The van der Waals surface area contributed by atoms with Gasteiger partial charge in [0, 0.05) is 6.54 Å². The second-order valence-electron chi connectivity index (χ2n) is 2.86. The monoisotopic (exact) mass is 230 g/mol.